The third-order valence-electron chi connectivity index (χ3n) is 7.66. The summed E-state index contributed by atoms with van der Waals surface area (Å²) >= 11 is 0. The number of hydrogen-bond donors (Lipinski definition) is 1. The van der Waals surface area contributed by atoms with E-state index in [1.165, 1.54) is 12.8 Å². The molecule has 6 heteroatoms. The van der Waals surface area contributed by atoms with Crippen molar-refractivity contribution in [1.29, 1.82) is 0 Å². The van der Waals surface area contributed by atoms with Crippen molar-refractivity contribution in [3.63, 3.8) is 0 Å². The van der Waals surface area contributed by atoms with Crippen molar-refractivity contribution in [1.82, 2.24) is 0 Å². The predicted octanol–water partition coefficient (Wildman–Crippen LogP) is 4.68. The van der Waals surface area contributed by atoms with Gasteiger partial charge in [0.2, 0.25) is 0 Å². The molecule has 4 aliphatic rings. The van der Waals surface area contributed by atoms with Gasteiger partial charge in [0.05, 0.1) is 17.8 Å². The highest BCUT2D eigenvalue weighted by Crippen LogP contribution is 2.51. The predicted molar refractivity (Wildman–Crippen MR) is 121 cm³/mol. The van der Waals surface area contributed by atoms with E-state index in [9.17, 15) is 9.90 Å². The van der Waals surface area contributed by atoms with E-state index in [0.29, 0.717) is 12.8 Å². The number of unbranched alkanes of at least 4 members (excludes halogenated alkanes) is 2. The molecule has 2 aliphatic heterocycles. The van der Waals surface area contributed by atoms with E-state index in [2.05, 4.69) is 19.1 Å². The molecule has 0 aromatic rings. The minimum absolute atomic E-state index is 0.00141. The Morgan fingerprint density at radius 3 is 2.56 bits per heavy atom. The Morgan fingerprint density at radius 1 is 1.12 bits per heavy atom. The molecule has 0 aromatic carbocycles. The minimum atomic E-state index is -0.948. The number of hydrogen-bond acceptors (Lipinski definition) is 6. The van der Waals surface area contributed by atoms with Crippen molar-refractivity contribution in [2.75, 3.05) is 13.2 Å². The number of rotatable bonds is 10. The van der Waals surface area contributed by atoms with Crippen LogP contribution < -0.4 is 0 Å². The van der Waals surface area contributed by atoms with Gasteiger partial charge < -0.3 is 24.1 Å². The van der Waals surface area contributed by atoms with Crippen molar-refractivity contribution < 1.29 is 28.8 Å². The largest absolute Gasteiger partial charge is 0.389 e. The van der Waals surface area contributed by atoms with Gasteiger partial charge in [0.1, 0.15) is 5.78 Å². The zero-order valence-electron chi connectivity index (χ0n) is 19.7. The second-order valence-corrected chi connectivity index (χ2v) is 10.2. The Kier molecular flexibility index (Phi) is 8.80. The van der Waals surface area contributed by atoms with Crippen molar-refractivity contribution >= 4 is 5.78 Å². The van der Waals surface area contributed by atoms with Crippen LogP contribution in [-0.4, -0.2) is 54.5 Å². The highest BCUT2D eigenvalue weighted by molar-refractivity contribution is 5.83. The maximum Gasteiger partial charge on any atom is 0.158 e. The molecule has 0 amide bonds. The number of carbonyl (C=O) groups excluding carboxylic acids is 1. The van der Waals surface area contributed by atoms with E-state index >= 15 is 0 Å². The summed E-state index contributed by atoms with van der Waals surface area (Å²) in [6, 6.07) is 0. The number of Topliss-reactive ketones (excluding diaryl/α,β-unsaturated/α-hetero) is 1. The Bertz CT molecular complexity index is 624. The van der Waals surface area contributed by atoms with Crippen molar-refractivity contribution in [3.05, 3.63) is 12.2 Å². The first-order valence-electron chi connectivity index (χ1n) is 13.0. The first kappa shape index (κ1) is 24.3. The molecule has 182 valence electrons. The van der Waals surface area contributed by atoms with Crippen LogP contribution in [0.3, 0.4) is 0 Å². The molecule has 32 heavy (non-hydrogen) atoms. The topological polar surface area (TPSA) is 74.2 Å². The van der Waals surface area contributed by atoms with Gasteiger partial charge >= 0.3 is 0 Å². The molecule has 0 spiro atoms. The second kappa shape index (κ2) is 11.6. The first-order chi connectivity index (χ1) is 15.6. The molecule has 2 saturated heterocycles. The van der Waals surface area contributed by atoms with E-state index in [0.717, 1.165) is 64.6 Å². The molecule has 0 radical (unpaired) electrons. The lowest BCUT2D eigenvalue weighted by molar-refractivity contribution is -0.194. The van der Waals surface area contributed by atoms with E-state index in [1.807, 2.05) is 0 Å². The van der Waals surface area contributed by atoms with E-state index in [4.69, 9.17) is 18.9 Å². The van der Waals surface area contributed by atoms with Crippen molar-refractivity contribution in [3.8, 4) is 0 Å². The molecule has 1 N–H and O–H groups in total. The van der Waals surface area contributed by atoms with Crippen molar-refractivity contribution in [2.45, 2.75) is 121 Å². The second-order valence-electron chi connectivity index (χ2n) is 10.2. The summed E-state index contributed by atoms with van der Waals surface area (Å²) in [7, 11) is 0. The molecule has 0 bridgehead atoms. The van der Waals surface area contributed by atoms with E-state index in [1.54, 1.807) is 0 Å². The van der Waals surface area contributed by atoms with Crippen LogP contribution in [0.15, 0.2) is 12.2 Å². The lowest BCUT2D eigenvalue weighted by Gasteiger charge is -2.29. The molecular formula is C26H42O6. The molecule has 0 aromatic heterocycles. The van der Waals surface area contributed by atoms with Gasteiger partial charge in [-0.1, -0.05) is 38.3 Å². The van der Waals surface area contributed by atoms with Crippen LogP contribution in [0.1, 0.15) is 90.4 Å². The average Bonchev–Trinajstić information content (AvgIpc) is 3.21. The Morgan fingerprint density at radius 2 is 1.88 bits per heavy atom. The van der Waals surface area contributed by atoms with Gasteiger partial charge in [-0.15, -0.1) is 0 Å². The van der Waals surface area contributed by atoms with Crippen LogP contribution in [0.5, 0.6) is 0 Å². The maximum absolute atomic E-state index is 12.2. The normalized spacial score (nSPS) is 38.9. The molecular weight excluding hydrogens is 408 g/mol. The summed E-state index contributed by atoms with van der Waals surface area (Å²) in [5.41, 5.74) is -0.948. The summed E-state index contributed by atoms with van der Waals surface area (Å²) in [5, 5.41) is 11.2. The third-order valence-corrected chi connectivity index (χ3v) is 7.66. The summed E-state index contributed by atoms with van der Waals surface area (Å²) < 4.78 is 24.4. The molecule has 7 atom stereocenters. The maximum atomic E-state index is 12.2. The number of fused-ring (bicyclic) bond motifs is 1. The van der Waals surface area contributed by atoms with Crippen molar-refractivity contribution in [2.24, 2.45) is 11.8 Å². The zero-order valence-corrected chi connectivity index (χ0v) is 19.7. The Balaban J connectivity index is 1.45. The molecule has 4 rings (SSSR count). The highest BCUT2D eigenvalue weighted by atomic mass is 16.7. The lowest BCUT2D eigenvalue weighted by atomic mass is 9.88. The molecule has 2 unspecified atom stereocenters. The molecule has 6 nitrogen and oxygen atoms in total. The Labute approximate surface area is 193 Å². The number of ketones is 1. The monoisotopic (exact) mass is 450 g/mol. The van der Waals surface area contributed by atoms with Gasteiger partial charge in [-0.05, 0) is 44.9 Å². The van der Waals surface area contributed by atoms with Gasteiger partial charge in [-0.3, -0.25) is 4.79 Å². The van der Waals surface area contributed by atoms with Gasteiger partial charge in [-0.2, -0.15) is 0 Å². The smallest absolute Gasteiger partial charge is 0.158 e. The first-order valence-corrected chi connectivity index (χ1v) is 13.0. The lowest BCUT2D eigenvalue weighted by Crippen LogP contribution is -2.31. The molecule has 2 aliphatic carbocycles. The number of carbonyl (C=O) groups is 1. The van der Waals surface area contributed by atoms with Crippen LogP contribution >= 0.6 is 0 Å². The number of aliphatic hydroxyl groups is 1. The number of ether oxygens (including phenoxy) is 4. The Hall–Kier alpha value is -0.790. The average molecular weight is 451 g/mol. The van der Waals surface area contributed by atoms with Crippen LogP contribution in [-0.2, 0) is 23.7 Å². The quantitative estimate of drug-likeness (QED) is 0.385. The summed E-state index contributed by atoms with van der Waals surface area (Å²) in [5.74, 6) is 0.0817. The fourth-order valence-corrected chi connectivity index (χ4v) is 5.92. The standard InChI is InChI=1S/C26H42O6/c1-2-3-4-9-20(31-24-10-5-7-14-29-24)12-13-21-22-16-19(27)17-26(22,28)18-23(21)32-25-11-6-8-15-30-25/h12-13,20-25,28H,2-11,14-18H2,1H3/t20-,21+,22-,23+,24?,25?,26+/m0/s1. The third kappa shape index (κ3) is 6.20. The minimum Gasteiger partial charge on any atom is -0.389 e. The van der Waals surface area contributed by atoms with E-state index in [-0.39, 0.29) is 48.8 Å². The summed E-state index contributed by atoms with van der Waals surface area (Å²) in [6.07, 6.45) is 15.8. The van der Waals surface area contributed by atoms with Crippen LogP contribution in [0.4, 0.5) is 0 Å². The fourth-order valence-electron chi connectivity index (χ4n) is 5.92. The molecule has 2 saturated carbocycles. The SMILES string of the molecule is CCCCC[C@@H](C=C[C@H]1[C@H](OC2CCCCO2)C[C@]2(O)CC(=O)C[C@@H]12)OC1CCCCO1. The van der Waals surface area contributed by atoms with Crippen LogP contribution in [0, 0.1) is 11.8 Å². The van der Waals surface area contributed by atoms with Gasteiger partial charge in [-0.25, -0.2) is 0 Å². The summed E-state index contributed by atoms with van der Waals surface area (Å²) in [6.45, 7) is 3.72. The summed E-state index contributed by atoms with van der Waals surface area (Å²) in [4.78, 5) is 12.2. The van der Waals surface area contributed by atoms with Crippen LogP contribution in [0.25, 0.3) is 0 Å². The molecule has 4 fully saturated rings. The van der Waals surface area contributed by atoms with Gasteiger partial charge in [0.15, 0.2) is 12.6 Å². The van der Waals surface area contributed by atoms with E-state index < -0.39 is 5.60 Å². The van der Waals surface area contributed by atoms with Gasteiger partial charge in [0, 0.05) is 44.3 Å². The van der Waals surface area contributed by atoms with Gasteiger partial charge in [0.25, 0.3) is 0 Å². The fraction of sp³-hybridized carbons (Fsp3) is 0.885. The highest BCUT2D eigenvalue weighted by Gasteiger charge is 2.57. The molecule has 2 heterocycles. The van der Waals surface area contributed by atoms with Crippen LogP contribution in [0.2, 0.25) is 0 Å². The zero-order chi connectivity index (χ0) is 22.4.